The molecule has 1 N–H and O–H groups in total. The zero-order chi connectivity index (χ0) is 22.3. The summed E-state index contributed by atoms with van der Waals surface area (Å²) in [7, 11) is 1.63. The summed E-state index contributed by atoms with van der Waals surface area (Å²) in [4.78, 5) is 17.5. The van der Waals surface area contributed by atoms with Gasteiger partial charge in [0.25, 0.3) is 5.91 Å². The summed E-state index contributed by atoms with van der Waals surface area (Å²) in [6.45, 7) is 2.34. The fourth-order valence-electron chi connectivity index (χ4n) is 3.07. The number of hydrogen-bond acceptors (Lipinski definition) is 6. The molecular formula is C25H24N4O3. The van der Waals surface area contributed by atoms with Gasteiger partial charge in [-0.25, -0.2) is 0 Å². The number of nitrogens with zero attached hydrogens (tertiary/aromatic N) is 3. The smallest absolute Gasteiger partial charge is 0.287 e. The summed E-state index contributed by atoms with van der Waals surface area (Å²) >= 11 is 0. The number of rotatable bonds is 8. The molecule has 0 aliphatic rings. The highest BCUT2D eigenvalue weighted by atomic mass is 16.5. The molecule has 0 saturated heterocycles. The minimum atomic E-state index is -0.322. The molecule has 0 aliphatic heterocycles. The Labute approximate surface area is 186 Å². The first-order valence-electron chi connectivity index (χ1n) is 10.2. The van der Waals surface area contributed by atoms with Gasteiger partial charge in [0, 0.05) is 12.1 Å². The lowest BCUT2D eigenvalue weighted by molar-refractivity contribution is 0.0824. The van der Waals surface area contributed by atoms with Gasteiger partial charge in [0.05, 0.1) is 7.11 Å². The lowest BCUT2D eigenvalue weighted by Crippen LogP contribution is -2.22. The molecule has 0 atom stereocenters. The molecule has 0 fully saturated rings. The number of methoxy groups -OCH3 is 1. The SMILES string of the molecule is COc1ccc(CNc2nc(-c3ccc(C)cc3)nn2C(=O)COc2ccccc2)cc1. The third-order valence-corrected chi connectivity index (χ3v) is 4.87. The van der Waals surface area contributed by atoms with E-state index in [1.165, 1.54) is 4.68 Å². The van der Waals surface area contributed by atoms with Crippen LogP contribution in [0.4, 0.5) is 5.95 Å². The van der Waals surface area contributed by atoms with E-state index in [-0.39, 0.29) is 12.5 Å². The van der Waals surface area contributed by atoms with Crippen LogP contribution in [0.5, 0.6) is 11.5 Å². The van der Waals surface area contributed by atoms with Crippen molar-refractivity contribution >= 4 is 11.9 Å². The van der Waals surface area contributed by atoms with E-state index in [2.05, 4.69) is 15.4 Å². The Morgan fingerprint density at radius 1 is 0.938 bits per heavy atom. The van der Waals surface area contributed by atoms with Gasteiger partial charge < -0.3 is 14.8 Å². The van der Waals surface area contributed by atoms with Crippen molar-refractivity contribution < 1.29 is 14.3 Å². The Morgan fingerprint density at radius 2 is 1.66 bits per heavy atom. The third-order valence-electron chi connectivity index (χ3n) is 4.87. The van der Waals surface area contributed by atoms with Crippen LogP contribution in [0.15, 0.2) is 78.9 Å². The lowest BCUT2D eigenvalue weighted by Gasteiger charge is -2.09. The first kappa shape index (κ1) is 21.1. The highest BCUT2D eigenvalue weighted by Crippen LogP contribution is 2.20. The van der Waals surface area contributed by atoms with Crippen molar-refractivity contribution in [3.63, 3.8) is 0 Å². The molecule has 1 aromatic heterocycles. The normalized spacial score (nSPS) is 10.6. The van der Waals surface area contributed by atoms with Gasteiger partial charge in [0.1, 0.15) is 11.5 Å². The van der Waals surface area contributed by atoms with Crippen LogP contribution < -0.4 is 14.8 Å². The van der Waals surface area contributed by atoms with Gasteiger partial charge in [0.2, 0.25) is 5.95 Å². The molecule has 0 radical (unpaired) electrons. The van der Waals surface area contributed by atoms with Crippen molar-refractivity contribution in [2.45, 2.75) is 13.5 Å². The molecule has 0 bridgehead atoms. The maximum atomic E-state index is 12.9. The average molecular weight is 428 g/mol. The van der Waals surface area contributed by atoms with E-state index in [1.54, 1.807) is 19.2 Å². The molecule has 0 amide bonds. The minimum Gasteiger partial charge on any atom is -0.497 e. The van der Waals surface area contributed by atoms with Crippen LogP contribution in [0.25, 0.3) is 11.4 Å². The van der Waals surface area contributed by atoms with Gasteiger partial charge in [-0.2, -0.15) is 9.67 Å². The van der Waals surface area contributed by atoms with Crippen molar-refractivity contribution in [1.82, 2.24) is 14.8 Å². The predicted octanol–water partition coefficient (Wildman–Crippen LogP) is 4.59. The van der Waals surface area contributed by atoms with Gasteiger partial charge in [-0.15, -0.1) is 5.10 Å². The molecule has 1 heterocycles. The quantitative estimate of drug-likeness (QED) is 0.442. The van der Waals surface area contributed by atoms with Crippen LogP contribution in [0.3, 0.4) is 0 Å². The van der Waals surface area contributed by atoms with Crippen molar-refractivity contribution in [2.75, 3.05) is 19.0 Å². The summed E-state index contributed by atoms with van der Waals surface area (Å²) in [5, 5.41) is 7.68. The van der Waals surface area contributed by atoms with Gasteiger partial charge >= 0.3 is 0 Å². The zero-order valence-electron chi connectivity index (χ0n) is 18.0. The molecule has 0 spiro atoms. The summed E-state index contributed by atoms with van der Waals surface area (Å²) in [6, 6.07) is 24.7. The molecule has 4 aromatic rings. The van der Waals surface area contributed by atoms with Crippen molar-refractivity contribution in [1.29, 1.82) is 0 Å². The van der Waals surface area contributed by atoms with E-state index in [1.807, 2.05) is 73.7 Å². The Morgan fingerprint density at radius 3 is 2.34 bits per heavy atom. The Balaban J connectivity index is 1.55. The van der Waals surface area contributed by atoms with E-state index in [0.29, 0.717) is 24.1 Å². The molecular weight excluding hydrogens is 404 g/mol. The predicted molar refractivity (Wildman–Crippen MR) is 123 cm³/mol. The number of carbonyl (C=O) groups is 1. The number of para-hydroxylation sites is 1. The molecule has 3 aromatic carbocycles. The van der Waals surface area contributed by atoms with Crippen LogP contribution in [-0.2, 0) is 6.54 Å². The summed E-state index contributed by atoms with van der Waals surface area (Å²) in [5.74, 6) is 1.91. The number of anilines is 1. The number of aromatic nitrogens is 3. The summed E-state index contributed by atoms with van der Waals surface area (Å²) < 4.78 is 12.1. The molecule has 4 rings (SSSR count). The monoisotopic (exact) mass is 428 g/mol. The van der Waals surface area contributed by atoms with Gasteiger partial charge in [-0.3, -0.25) is 4.79 Å². The Hall–Kier alpha value is -4.13. The number of ether oxygens (including phenoxy) is 2. The van der Waals surface area contributed by atoms with Crippen LogP contribution in [0, 0.1) is 6.92 Å². The maximum absolute atomic E-state index is 12.9. The lowest BCUT2D eigenvalue weighted by atomic mass is 10.1. The van der Waals surface area contributed by atoms with E-state index in [4.69, 9.17) is 9.47 Å². The highest BCUT2D eigenvalue weighted by molar-refractivity contribution is 5.82. The first-order chi connectivity index (χ1) is 15.6. The van der Waals surface area contributed by atoms with Gasteiger partial charge in [-0.05, 0) is 36.8 Å². The van der Waals surface area contributed by atoms with E-state index in [0.717, 1.165) is 22.4 Å². The second-order valence-electron chi connectivity index (χ2n) is 7.23. The maximum Gasteiger partial charge on any atom is 0.287 e. The van der Waals surface area contributed by atoms with Crippen molar-refractivity contribution in [3.05, 3.63) is 90.0 Å². The molecule has 0 saturated carbocycles. The van der Waals surface area contributed by atoms with Crippen molar-refractivity contribution in [3.8, 4) is 22.9 Å². The molecule has 0 unspecified atom stereocenters. The third kappa shape index (κ3) is 5.13. The molecule has 0 aliphatic carbocycles. The van der Waals surface area contributed by atoms with Crippen molar-refractivity contribution in [2.24, 2.45) is 0 Å². The number of aryl methyl sites for hydroxylation is 1. The molecule has 7 nitrogen and oxygen atoms in total. The average Bonchev–Trinajstić information content (AvgIpc) is 3.27. The fraction of sp³-hybridized carbons (Fsp3) is 0.160. The van der Waals surface area contributed by atoms with Crippen LogP contribution in [0.1, 0.15) is 15.9 Å². The first-order valence-corrected chi connectivity index (χ1v) is 10.2. The summed E-state index contributed by atoms with van der Waals surface area (Å²) in [6.07, 6.45) is 0. The second kappa shape index (κ2) is 9.78. The Bertz CT molecular complexity index is 1170. The summed E-state index contributed by atoms with van der Waals surface area (Å²) in [5.41, 5.74) is 2.99. The topological polar surface area (TPSA) is 78.3 Å². The zero-order valence-corrected chi connectivity index (χ0v) is 18.0. The van der Waals surface area contributed by atoms with Gasteiger partial charge in [-0.1, -0.05) is 60.2 Å². The number of benzene rings is 3. The number of nitrogens with one attached hydrogen (secondary N) is 1. The molecule has 162 valence electrons. The largest absolute Gasteiger partial charge is 0.497 e. The molecule has 32 heavy (non-hydrogen) atoms. The van der Waals surface area contributed by atoms with Crippen LogP contribution in [0.2, 0.25) is 0 Å². The van der Waals surface area contributed by atoms with E-state index >= 15 is 0 Å². The highest BCUT2D eigenvalue weighted by Gasteiger charge is 2.18. The Kier molecular flexibility index (Phi) is 6.46. The standard InChI is InChI=1S/C25H24N4O3/c1-18-8-12-20(13-9-18)24-27-25(26-16-19-10-14-21(31-2)15-11-19)29(28-24)23(30)17-32-22-6-4-3-5-7-22/h3-15H,16-17H2,1-2H3,(H,26,27,28). The van der Waals surface area contributed by atoms with Gasteiger partial charge in [0.15, 0.2) is 12.4 Å². The fourth-order valence-corrected chi connectivity index (χ4v) is 3.07. The van der Waals surface area contributed by atoms with E-state index in [9.17, 15) is 4.79 Å². The second-order valence-corrected chi connectivity index (χ2v) is 7.23. The van der Waals surface area contributed by atoms with Crippen LogP contribution in [-0.4, -0.2) is 34.4 Å². The molecule has 7 heteroatoms. The van der Waals surface area contributed by atoms with Crippen LogP contribution >= 0.6 is 0 Å². The number of hydrogen-bond donors (Lipinski definition) is 1. The van der Waals surface area contributed by atoms with E-state index < -0.39 is 0 Å². The minimum absolute atomic E-state index is 0.155. The number of carbonyl (C=O) groups excluding carboxylic acids is 1.